The molecular weight excluding hydrogens is 395 g/mol. The zero-order valence-corrected chi connectivity index (χ0v) is 16.5. The molecule has 2 aromatic carbocycles. The molecule has 0 aliphatic carbocycles. The number of benzene rings is 2. The molecule has 2 heterocycles. The summed E-state index contributed by atoms with van der Waals surface area (Å²) in [7, 11) is 0. The number of anilines is 1. The van der Waals surface area contributed by atoms with Gasteiger partial charge in [0, 0.05) is 24.7 Å². The molecule has 0 spiro atoms. The smallest absolute Gasteiger partial charge is 0.359 e. The lowest BCUT2D eigenvalue weighted by Crippen LogP contribution is -2.39. The standard InChI is InChI=1S/C22H20F3N3S/c23-22(24,25)17-7-3-5-16(15-17)6-4-12-28-13-10-18(11-14-28)26-21-27-19-8-1-2-9-20(19)29-21/h1-3,5,7-9,15,18H,10-14H2,(H,26,27). The Morgan fingerprint density at radius 2 is 1.90 bits per heavy atom. The van der Waals surface area contributed by atoms with Crippen molar-refractivity contribution in [3.05, 3.63) is 59.7 Å². The van der Waals surface area contributed by atoms with E-state index >= 15 is 0 Å². The summed E-state index contributed by atoms with van der Waals surface area (Å²) in [5.74, 6) is 5.86. The summed E-state index contributed by atoms with van der Waals surface area (Å²) in [6.07, 6.45) is -2.36. The van der Waals surface area contributed by atoms with Crippen molar-refractivity contribution >= 4 is 26.7 Å². The van der Waals surface area contributed by atoms with Crippen LogP contribution in [0.25, 0.3) is 10.2 Å². The molecule has 3 nitrogen and oxygen atoms in total. The van der Waals surface area contributed by atoms with E-state index in [0.717, 1.165) is 48.7 Å². The quantitative estimate of drug-likeness (QED) is 0.593. The van der Waals surface area contributed by atoms with Gasteiger partial charge in [-0.2, -0.15) is 13.2 Å². The third kappa shape index (κ3) is 5.08. The summed E-state index contributed by atoms with van der Waals surface area (Å²) < 4.78 is 39.5. The molecule has 0 saturated carbocycles. The molecule has 1 aliphatic heterocycles. The topological polar surface area (TPSA) is 28.2 Å². The van der Waals surface area contributed by atoms with Gasteiger partial charge in [0.1, 0.15) is 0 Å². The highest BCUT2D eigenvalue weighted by Gasteiger charge is 2.30. The molecule has 29 heavy (non-hydrogen) atoms. The van der Waals surface area contributed by atoms with E-state index in [0.29, 0.717) is 18.2 Å². The van der Waals surface area contributed by atoms with Gasteiger partial charge >= 0.3 is 6.18 Å². The third-order valence-electron chi connectivity index (χ3n) is 4.93. The molecule has 3 aromatic rings. The lowest BCUT2D eigenvalue weighted by Gasteiger charge is -2.30. The molecule has 1 N–H and O–H groups in total. The van der Waals surface area contributed by atoms with Crippen molar-refractivity contribution in [1.82, 2.24) is 9.88 Å². The first kappa shape index (κ1) is 19.7. The number of halogens is 3. The first-order valence-electron chi connectivity index (χ1n) is 9.48. The highest BCUT2D eigenvalue weighted by atomic mass is 32.1. The van der Waals surface area contributed by atoms with E-state index in [4.69, 9.17) is 0 Å². The first-order chi connectivity index (χ1) is 14.0. The summed E-state index contributed by atoms with van der Waals surface area (Å²) in [5.41, 5.74) is 0.751. The van der Waals surface area contributed by atoms with E-state index in [1.54, 1.807) is 17.4 Å². The number of nitrogens with one attached hydrogen (secondary N) is 1. The summed E-state index contributed by atoms with van der Waals surface area (Å²) >= 11 is 1.67. The summed E-state index contributed by atoms with van der Waals surface area (Å²) in [5, 5.41) is 4.48. The second-order valence-electron chi connectivity index (χ2n) is 7.06. The third-order valence-corrected chi connectivity index (χ3v) is 5.90. The fourth-order valence-electron chi connectivity index (χ4n) is 3.37. The van der Waals surface area contributed by atoms with Crippen LogP contribution in [0.1, 0.15) is 24.0 Å². The van der Waals surface area contributed by atoms with Crippen LogP contribution < -0.4 is 5.32 Å². The molecule has 7 heteroatoms. The fourth-order valence-corrected chi connectivity index (χ4v) is 4.31. The second kappa shape index (κ2) is 8.44. The number of likely N-dealkylation sites (tertiary alicyclic amines) is 1. The monoisotopic (exact) mass is 415 g/mol. The highest BCUT2D eigenvalue weighted by Crippen LogP contribution is 2.29. The zero-order chi connectivity index (χ0) is 20.3. The average molecular weight is 415 g/mol. The van der Waals surface area contributed by atoms with Crippen LogP contribution in [-0.4, -0.2) is 35.6 Å². The normalized spacial score (nSPS) is 15.8. The predicted molar refractivity (Wildman–Crippen MR) is 111 cm³/mol. The molecule has 0 atom stereocenters. The Labute approximate surface area is 171 Å². The van der Waals surface area contributed by atoms with Gasteiger partial charge in [-0.05, 0) is 43.2 Å². The maximum Gasteiger partial charge on any atom is 0.416 e. The van der Waals surface area contributed by atoms with Gasteiger partial charge in [-0.1, -0.05) is 41.4 Å². The van der Waals surface area contributed by atoms with Gasteiger partial charge in [-0.25, -0.2) is 4.98 Å². The molecule has 150 valence electrons. The number of para-hydroxylation sites is 1. The van der Waals surface area contributed by atoms with Crippen molar-refractivity contribution in [2.45, 2.75) is 25.1 Å². The van der Waals surface area contributed by atoms with Gasteiger partial charge in [0.2, 0.25) is 0 Å². The van der Waals surface area contributed by atoms with Gasteiger partial charge in [0.25, 0.3) is 0 Å². The number of thiazole rings is 1. The molecule has 4 rings (SSSR count). The lowest BCUT2D eigenvalue weighted by atomic mass is 10.1. The summed E-state index contributed by atoms with van der Waals surface area (Å²) in [6.45, 7) is 2.36. The number of rotatable bonds is 3. The molecule has 1 fully saturated rings. The molecule has 0 radical (unpaired) electrons. The van der Waals surface area contributed by atoms with Gasteiger partial charge in [-0.3, -0.25) is 4.90 Å². The predicted octanol–water partition coefficient (Wildman–Crippen LogP) is 5.24. The van der Waals surface area contributed by atoms with Gasteiger partial charge in [0.05, 0.1) is 22.3 Å². The van der Waals surface area contributed by atoms with E-state index in [1.807, 2.05) is 18.2 Å². The minimum absolute atomic E-state index is 0.378. The van der Waals surface area contributed by atoms with Crippen molar-refractivity contribution in [3.8, 4) is 11.8 Å². The van der Waals surface area contributed by atoms with Gasteiger partial charge in [-0.15, -0.1) is 0 Å². The van der Waals surface area contributed by atoms with Crippen LogP contribution in [0.3, 0.4) is 0 Å². The number of hydrogen-bond donors (Lipinski definition) is 1. The Kier molecular flexibility index (Phi) is 5.74. The first-order valence-corrected chi connectivity index (χ1v) is 10.3. The number of aromatic nitrogens is 1. The van der Waals surface area contributed by atoms with Crippen LogP contribution in [0.2, 0.25) is 0 Å². The Hall–Kier alpha value is -2.56. The van der Waals surface area contributed by atoms with Crippen molar-refractivity contribution in [1.29, 1.82) is 0 Å². The van der Waals surface area contributed by atoms with Crippen molar-refractivity contribution in [3.63, 3.8) is 0 Å². The molecular formula is C22H20F3N3S. The van der Waals surface area contributed by atoms with Crippen molar-refractivity contribution in [2.75, 3.05) is 25.0 Å². The second-order valence-corrected chi connectivity index (χ2v) is 8.09. The highest BCUT2D eigenvalue weighted by molar-refractivity contribution is 7.22. The fraction of sp³-hybridized carbons (Fsp3) is 0.318. The van der Waals surface area contributed by atoms with Crippen LogP contribution in [0, 0.1) is 11.8 Å². The molecule has 0 bridgehead atoms. The van der Waals surface area contributed by atoms with Crippen LogP contribution in [0.5, 0.6) is 0 Å². The number of alkyl halides is 3. The van der Waals surface area contributed by atoms with Crippen molar-refractivity contribution < 1.29 is 13.2 Å². The Morgan fingerprint density at radius 3 is 2.66 bits per heavy atom. The molecule has 1 aromatic heterocycles. The van der Waals surface area contributed by atoms with E-state index in [9.17, 15) is 13.2 Å². The Bertz CT molecular complexity index is 1010. The average Bonchev–Trinajstić information content (AvgIpc) is 3.11. The molecule has 1 saturated heterocycles. The van der Waals surface area contributed by atoms with Crippen LogP contribution in [0.4, 0.5) is 18.3 Å². The maximum absolute atomic E-state index is 12.8. The van der Waals surface area contributed by atoms with Crippen LogP contribution >= 0.6 is 11.3 Å². The Balaban J connectivity index is 1.28. The largest absolute Gasteiger partial charge is 0.416 e. The molecule has 1 aliphatic rings. The number of hydrogen-bond acceptors (Lipinski definition) is 4. The van der Waals surface area contributed by atoms with Gasteiger partial charge < -0.3 is 5.32 Å². The molecule has 0 unspecified atom stereocenters. The van der Waals surface area contributed by atoms with Gasteiger partial charge in [0.15, 0.2) is 5.13 Å². The Morgan fingerprint density at radius 1 is 1.10 bits per heavy atom. The lowest BCUT2D eigenvalue weighted by molar-refractivity contribution is -0.137. The minimum atomic E-state index is -4.34. The zero-order valence-electron chi connectivity index (χ0n) is 15.7. The molecule has 0 amide bonds. The summed E-state index contributed by atoms with van der Waals surface area (Å²) in [4.78, 5) is 6.86. The van der Waals surface area contributed by atoms with Crippen LogP contribution in [0.15, 0.2) is 48.5 Å². The van der Waals surface area contributed by atoms with E-state index < -0.39 is 11.7 Å². The number of piperidine rings is 1. The summed E-state index contributed by atoms with van der Waals surface area (Å²) in [6, 6.07) is 13.6. The van der Waals surface area contributed by atoms with Crippen LogP contribution in [-0.2, 0) is 6.18 Å². The van der Waals surface area contributed by atoms with E-state index in [-0.39, 0.29) is 0 Å². The van der Waals surface area contributed by atoms with E-state index in [1.165, 1.54) is 10.8 Å². The maximum atomic E-state index is 12.8. The van der Waals surface area contributed by atoms with Crippen molar-refractivity contribution in [2.24, 2.45) is 0 Å². The SMILES string of the molecule is FC(F)(F)c1cccc(C#CCN2CCC(Nc3nc4ccccc4s3)CC2)c1. The number of fused-ring (bicyclic) bond motifs is 1. The number of nitrogens with zero attached hydrogens (tertiary/aromatic N) is 2. The van der Waals surface area contributed by atoms with E-state index in [2.05, 4.69) is 33.1 Å². The minimum Gasteiger partial charge on any atom is -0.359 e.